The Morgan fingerprint density at radius 1 is 1.71 bits per heavy atom. The van der Waals surface area contributed by atoms with E-state index in [1.54, 1.807) is 19.9 Å². The van der Waals surface area contributed by atoms with Crippen molar-refractivity contribution in [2.45, 2.75) is 19.4 Å². The first kappa shape index (κ1) is 12.9. The van der Waals surface area contributed by atoms with Gasteiger partial charge in [-0.15, -0.1) is 0 Å². The Hall–Kier alpha value is -2.20. The molecule has 0 radical (unpaired) electrons. The predicted molar refractivity (Wildman–Crippen MR) is 59.4 cm³/mol. The van der Waals surface area contributed by atoms with Crippen LogP contribution in [0.15, 0.2) is 12.3 Å². The van der Waals surface area contributed by atoms with E-state index in [4.69, 9.17) is 15.7 Å². The zero-order valence-corrected chi connectivity index (χ0v) is 9.51. The lowest BCUT2D eigenvalue weighted by Gasteiger charge is -2.18. The van der Waals surface area contributed by atoms with Gasteiger partial charge < -0.3 is 10.5 Å². The van der Waals surface area contributed by atoms with Gasteiger partial charge in [-0.25, -0.2) is 4.98 Å². The topological polar surface area (TPSA) is 115 Å². The van der Waals surface area contributed by atoms with E-state index >= 15 is 0 Å². The van der Waals surface area contributed by atoms with Crippen molar-refractivity contribution >= 4 is 5.69 Å². The summed E-state index contributed by atoms with van der Waals surface area (Å²) in [7, 11) is 0. The molecule has 1 aromatic rings. The number of ether oxygens (including phenoxy) is 1. The Kier molecular flexibility index (Phi) is 3.60. The highest BCUT2D eigenvalue weighted by atomic mass is 16.6. The molecule has 0 fully saturated rings. The van der Waals surface area contributed by atoms with Crippen LogP contribution in [-0.4, -0.2) is 22.1 Å². The summed E-state index contributed by atoms with van der Waals surface area (Å²) in [6.07, 6.45) is 1.28. The van der Waals surface area contributed by atoms with Gasteiger partial charge in [0, 0.05) is 11.7 Å². The van der Waals surface area contributed by atoms with Crippen molar-refractivity contribution in [3.8, 4) is 11.9 Å². The van der Waals surface area contributed by atoms with Crippen LogP contribution in [0, 0.1) is 21.4 Å². The van der Waals surface area contributed by atoms with Gasteiger partial charge in [0.05, 0.1) is 4.92 Å². The van der Waals surface area contributed by atoms with Crippen molar-refractivity contribution in [1.29, 1.82) is 5.26 Å². The minimum atomic E-state index is -0.690. The molecule has 0 aliphatic heterocycles. The van der Waals surface area contributed by atoms with Gasteiger partial charge in [-0.3, -0.25) is 10.1 Å². The highest BCUT2D eigenvalue weighted by Crippen LogP contribution is 2.28. The molecule has 0 saturated heterocycles. The van der Waals surface area contributed by atoms with Crippen molar-refractivity contribution in [3.63, 3.8) is 0 Å². The molecule has 0 aliphatic carbocycles. The van der Waals surface area contributed by atoms with E-state index in [0.717, 1.165) is 0 Å². The fraction of sp³-hybridized carbons (Fsp3) is 0.400. The molecule has 0 amide bonds. The van der Waals surface area contributed by atoms with Crippen LogP contribution >= 0.6 is 0 Å². The summed E-state index contributed by atoms with van der Waals surface area (Å²) >= 11 is 0. The Morgan fingerprint density at radius 3 is 2.82 bits per heavy atom. The minimum absolute atomic E-state index is 0.0652. The fourth-order valence-corrected chi connectivity index (χ4v) is 1.06. The van der Waals surface area contributed by atoms with Crippen molar-refractivity contribution in [2.24, 2.45) is 5.73 Å². The maximum atomic E-state index is 10.8. The number of aromatic nitrogens is 1. The van der Waals surface area contributed by atoms with Crippen molar-refractivity contribution in [2.75, 3.05) is 6.61 Å². The number of pyridine rings is 1. The van der Waals surface area contributed by atoms with Gasteiger partial charge in [0.2, 0.25) is 0 Å². The van der Waals surface area contributed by atoms with Gasteiger partial charge >= 0.3 is 5.69 Å². The second-order valence-corrected chi connectivity index (χ2v) is 4.16. The number of hydrogen-bond acceptors (Lipinski definition) is 6. The van der Waals surface area contributed by atoms with E-state index in [0.29, 0.717) is 0 Å². The van der Waals surface area contributed by atoms with Crippen LogP contribution in [-0.2, 0) is 0 Å². The predicted octanol–water partition coefficient (Wildman–Crippen LogP) is 0.978. The van der Waals surface area contributed by atoms with E-state index in [9.17, 15) is 10.1 Å². The zero-order chi connectivity index (χ0) is 13.1. The highest BCUT2D eigenvalue weighted by Gasteiger charge is 2.24. The van der Waals surface area contributed by atoms with E-state index in [2.05, 4.69) is 4.98 Å². The number of hydrogen-bond donors (Lipinski definition) is 1. The number of nitrogens with two attached hydrogens (primary N) is 1. The monoisotopic (exact) mass is 236 g/mol. The van der Waals surface area contributed by atoms with Crippen LogP contribution in [0.3, 0.4) is 0 Å². The molecular formula is C10H12N4O3. The molecule has 0 bridgehead atoms. The Labute approximate surface area is 98.0 Å². The van der Waals surface area contributed by atoms with E-state index in [1.165, 1.54) is 12.3 Å². The van der Waals surface area contributed by atoms with Crippen LogP contribution in [0.2, 0.25) is 0 Å². The molecule has 0 atom stereocenters. The summed E-state index contributed by atoms with van der Waals surface area (Å²) in [6, 6.07) is 2.98. The molecule has 1 heterocycles. The second kappa shape index (κ2) is 4.76. The van der Waals surface area contributed by atoms with E-state index in [1.807, 2.05) is 0 Å². The number of nitrogens with zero attached hydrogens (tertiary/aromatic N) is 3. The standard InChI is InChI=1S/C10H12N4O3/c1-10(2,12)6-17-9-8(14(15)16)7(5-11)3-4-13-9/h3-4H,6,12H2,1-2H3. The molecule has 1 rings (SSSR count). The van der Waals surface area contributed by atoms with Gasteiger partial charge in [-0.2, -0.15) is 5.26 Å². The van der Waals surface area contributed by atoms with Crippen LogP contribution in [0.25, 0.3) is 0 Å². The Balaban J connectivity index is 3.08. The molecule has 0 aromatic carbocycles. The van der Waals surface area contributed by atoms with Gasteiger partial charge in [-0.05, 0) is 19.9 Å². The largest absolute Gasteiger partial charge is 0.471 e. The van der Waals surface area contributed by atoms with Gasteiger partial charge in [0.15, 0.2) is 0 Å². The number of nitro groups is 1. The molecule has 1 aromatic heterocycles. The first-order valence-electron chi connectivity index (χ1n) is 4.80. The normalized spacial score (nSPS) is 10.7. The highest BCUT2D eigenvalue weighted by molar-refractivity contribution is 5.54. The third-order valence-electron chi connectivity index (χ3n) is 1.77. The summed E-state index contributed by atoms with van der Waals surface area (Å²) in [6.45, 7) is 3.50. The number of nitriles is 1. The average molecular weight is 236 g/mol. The van der Waals surface area contributed by atoms with Gasteiger partial charge in [0.25, 0.3) is 5.88 Å². The SMILES string of the molecule is CC(C)(N)COc1nccc(C#N)c1[N+](=O)[O-]. The molecule has 2 N–H and O–H groups in total. The van der Waals surface area contributed by atoms with Crippen molar-refractivity contribution < 1.29 is 9.66 Å². The van der Waals surface area contributed by atoms with Gasteiger partial charge in [0.1, 0.15) is 18.2 Å². The van der Waals surface area contributed by atoms with E-state index in [-0.39, 0.29) is 18.1 Å². The second-order valence-electron chi connectivity index (χ2n) is 4.16. The van der Waals surface area contributed by atoms with Gasteiger partial charge in [-0.1, -0.05) is 0 Å². The maximum Gasteiger partial charge on any atom is 0.348 e. The summed E-state index contributed by atoms with van der Waals surface area (Å²) < 4.78 is 5.18. The summed E-state index contributed by atoms with van der Waals surface area (Å²) in [4.78, 5) is 13.9. The quantitative estimate of drug-likeness (QED) is 0.615. The fourth-order valence-electron chi connectivity index (χ4n) is 1.06. The third-order valence-corrected chi connectivity index (χ3v) is 1.77. The summed E-state index contributed by atoms with van der Waals surface area (Å²) in [5.41, 5.74) is 4.53. The molecule has 7 nitrogen and oxygen atoms in total. The lowest BCUT2D eigenvalue weighted by atomic mass is 10.1. The van der Waals surface area contributed by atoms with Crippen LogP contribution in [0.1, 0.15) is 19.4 Å². The lowest BCUT2D eigenvalue weighted by molar-refractivity contribution is -0.386. The average Bonchev–Trinajstić information content (AvgIpc) is 2.24. The Morgan fingerprint density at radius 2 is 2.35 bits per heavy atom. The third kappa shape index (κ3) is 3.39. The molecule has 0 saturated carbocycles. The zero-order valence-electron chi connectivity index (χ0n) is 9.51. The minimum Gasteiger partial charge on any atom is -0.471 e. The lowest BCUT2D eigenvalue weighted by Crippen LogP contribution is -2.38. The van der Waals surface area contributed by atoms with Crippen molar-refractivity contribution in [3.05, 3.63) is 27.9 Å². The summed E-state index contributed by atoms with van der Waals surface area (Å²) in [5.74, 6) is -0.187. The molecule has 7 heteroatoms. The number of rotatable bonds is 4. The first-order chi connectivity index (χ1) is 7.85. The van der Waals surface area contributed by atoms with E-state index < -0.39 is 16.1 Å². The molecular weight excluding hydrogens is 224 g/mol. The molecule has 17 heavy (non-hydrogen) atoms. The molecule has 0 unspecified atom stereocenters. The maximum absolute atomic E-state index is 10.8. The summed E-state index contributed by atoms with van der Waals surface area (Å²) in [5, 5.41) is 19.6. The van der Waals surface area contributed by atoms with Crippen LogP contribution in [0.5, 0.6) is 5.88 Å². The molecule has 0 spiro atoms. The van der Waals surface area contributed by atoms with Crippen LogP contribution in [0.4, 0.5) is 5.69 Å². The first-order valence-corrected chi connectivity index (χ1v) is 4.80. The van der Waals surface area contributed by atoms with Crippen LogP contribution < -0.4 is 10.5 Å². The Bertz CT molecular complexity index is 473. The molecule has 90 valence electrons. The molecule has 0 aliphatic rings. The smallest absolute Gasteiger partial charge is 0.348 e. The van der Waals surface area contributed by atoms with Crippen molar-refractivity contribution in [1.82, 2.24) is 4.98 Å².